The van der Waals surface area contributed by atoms with Gasteiger partial charge in [0.1, 0.15) is 0 Å². The van der Waals surface area contributed by atoms with Gasteiger partial charge in [0.05, 0.1) is 17.8 Å². The van der Waals surface area contributed by atoms with E-state index in [-0.39, 0.29) is 23.3 Å². The van der Waals surface area contributed by atoms with Crippen LogP contribution < -0.4 is 5.32 Å². The van der Waals surface area contributed by atoms with Gasteiger partial charge in [0.15, 0.2) is 0 Å². The molecule has 7 nitrogen and oxygen atoms in total. The van der Waals surface area contributed by atoms with Crippen molar-refractivity contribution in [3.8, 4) is 0 Å². The minimum atomic E-state index is -0.958. The summed E-state index contributed by atoms with van der Waals surface area (Å²) in [7, 11) is 0. The fourth-order valence-electron chi connectivity index (χ4n) is 4.30. The highest BCUT2D eigenvalue weighted by molar-refractivity contribution is 5.87. The molecule has 0 atom stereocenters. The Labute approximate surface area is 158 Å². The Kier molecular flexibility index (Phi) is 4.63. The zero-order valence-corrected chi connectivity index (χ0v) is 15.3. The van der Waals surface area contributed by atoms with Gasteiger partial charge in [-0.15, -0.1) is 0 Å². The van der Waals surface area contributed by atoms with Crippen molar-refractivity contribution in [1.29, 1.82) is 0 Å². The zero-order valence-electron chi connectivity index (χ0n) is 15.3. The first-order valence-corrected chi connectivity index (χ1v) is 9.65. The van der Waals surface area contributed by atoms with Crippen LogP contribution in [0.2, 0.25) is 0 Å². The van der Waals surface area contributed by atoms with Gasteiger partial charge >= 0.3 is 5.97 Å². The summed E-state index contributed by atoms with van der Waals surface area (Å²) in [6.45, 7) is 2.10. The molecule has 27 heavy (non-hydrogen) atoms. The van der Waals surface area contributed by atoms with E-state index in [1.165, 1.54) is 0 Å². The lowest BCUT2D eigenvalue weighted by Crippen LogP contribution is -2.59. The van der Waals surface area contributed by atoms with E-state index in [0.29, 0.717) is 26.2 Å². The van der Waals surface area contributed by atoms with E-state index in [4.69, 9.17) is 5.11 Å². The van der Waals surface area contributed by atoms with Crippen LogP contribution in [0.3, 0.4) is 0 Å². The van der Waals surface area contributed by atoms with Crippen LogP contribution in [-0.4, -0.2) is 58.0 Å². The third-order valence-electron chi connectivity index (χ3n) is 6.28. The molecule has 1 saturated carbocycles. The lowest BCUT2D eigenvalue weighted by atomic mass is 9.83. The molecule has 2 saturated heterocycles. The molecule has 2 amide bonds. The largest absolute Gasteiger partial charge is 0.478 e. The first kappa shape index (κ1) is 18.0. The van der Waals surface area contributed by atoms with Gasteiger partial charge in [0.25, 0.3) is 0 Å². The summed E-state index contributed by atoms with van der Waals surface area (Å²) in [6.07, 6.45) is 4.62. The predicted octanol–water partition coefficient (Wildman–Crippen LogP) is 1.44. The highest BCUT2D eigenvalue weighted by atomic mass is 16.4. The molecule has 7 heteroatoms. The third-order valence-corrected chi connectivity index (χ3v) is 6.28. The average molecular weight is 371 g/mol. The predicted molar refractivity (Wildman–Crippen MR) is 97.8 cm³/mol. The molecule has 1 aromatic carbocycles. The first-order chi connectivity index (χ1) is 13.0. The summed E-state index contributed by atoms with van der Waals surface area (Å²) < 4.78 is 0. The monoisotopic (exact) mass is 371 g/mol. The topological polar surface area (TPSA) is 89.9 Å². The number of carboxylic acids is 1. The second-order valence-electron chi connectivity index (χ2n) is 7.82. The standard InChI is InChI=1S/C20H25N3O4/c24-17-12-21-20(8-10-22(11-9-20)18(25)15-2-1-3-15)23(17)13-14-4-6-16(7-5-14)19(26)27/h4-7,15,21H,1-3,8-13H2,(H,26,27). The Hall–Kier alpha value is -2.41. The van der Waals surface area contributed by atoms with Gasteiger partial charge in [-0.3, -0.25) is 14.9 Å². The molecule has 0 radical (unpaired) electrons. The van der Waals surface area contributed by atoms with Crippen molar-refractivity contribution in [2.75, 3.05) is 19.6 Å². The summed E-state index contributed by atoms with van der Waals surface area (Å²) in [5.74, 6) is -0.422. The number of piperidine rings is 1. The van der Waals surface area contributed by atoms with Gasteiger partial charge in [-0.1, -0.05) is 18.6 Å². The quantitative estimate of drug-likeness (QED) is 0.836. The summed E-state index contributed by atoms with van der Waals surface area (Å²) in [5.41, 5.74) is 0.741. The van der Waals surface area contributed by atoms with Gasteiger partial charge in [0.2, 0.25) is 11.8 Å². The highest BCUT2D eigenvalue weighted by Crippen LogP contribution is 2.34. The molecular weight excluding hydrogens is 346 g/mol. The lowest BCUT2D eigenvalue weighted by molar-refractivity contribution is -0.142. The summed E-state index contributed by atoms with van der Waals surface area (Å²) in [6, 6.07) is 6.66. The van der Waals surface area contributed by atoms with Gasteiger partial charge < -0.3 is 14.9 Å². The molecule has 144 valence electrons. The summed E-state index contributed by atoms with van der Waals surface area (Å²) in [5, 5.41) is 12.4. The Morgan fingerprint density at radius 1 is 1.15 bits per heavy atom. The molecule has 3 fully saturated rings. The molecule has 4 rings (SSSR count). The summed E-state index contributed by atoms with van der Waals surface area (Å²) in [4.78, 5) is 39.8. The van der Waals surface area contributed by atoms with Gasteiger partial charge in [-0.2, -0.15) is 0 Å². The van der Waals surface area contributed by atoms with E-state index in [1.807, 2.05) is 9.80 Å². The number of aromatic carboxylic acids is 1. The fourth-order valence-corrected chi connectivity index (χ4v) is 4.30. The number of rotatable bonds is 4. The smallest absolute Gasteiger partial charge is 0.335 e. The molecule has 0 unspecified atom stereocenters. The molecule has 1 aliphatic carbocycles. The Morgan fingerprint density at radius 2 is 1.81 bits per heavy atom. The Balaban J connectivity index is 1.43. The van der Waals surface area contributed by atoms with Crippen molar-refractivity contribution in [3.63, 3.8) is 0 Å². The second kappa shape index (κ2) is 6.96. The van der Waals surface area contributed by atoms with Gasteiger partial charge in [-0.25, -0.2) is 4.79 Å². The van der Waals surface area contributed by atoms with Crippen LogP contribution in [0.5, 0.6) is 0 Å². The average Bonchev–Trinajstić information content (AvgIpc) is 2.91. The molecule has 0 bridgehead atoms. The van der Waals surface area contributed by atoms with E-state index in [0.717, 1.165) is 37.7 Å². The van der Waals surface area contributed by atoms with E-state index in [1.54, 1.807) is 24.3 Å². The molecule has 2 heterocycles. The number of likely N-dealkylation sites (tertiary alicyclic amines) is 1. The lowest BCUT2D eigenvalue weighted by Gasteiger charge is -2.45. The van der Waals surface area contributed by atoms with Crippen molar-refractivity contribution in [3.05, 3.63) is 35.4 Å². The number of amides is 2. The van der Waals surface area contributed by atoms with Crippen LogP contribution in [0.15, 0.2) is 24.3 Å². The van der Waals surface area contributed by atoms with Gasteiger partial charge in [0, 0.05) is 38.4 Å². The number of hydrogen-bond donors (Lipinski definition) is 2. The maximum atomic E-state index is 12.5. The molecule has 2 aliphatic heterocycles. The minimum absolute atomic E-state index is 0.0519. The number of nitrogens with one attached hydrogen (secondary N) is 1. The van der Waals surface area contributed by atoms with Crippen LogP contribution in [0, 0.1) is 5.92 Å². The third kappa shape index (κ3) is 3.32. The minimum Gasteiger partial charge on any atom is -0.478 e. The SMILES string of the molecule is O=C(O)c1ccc(CN2C(=O)CNC23CCN(C(=O)C2CCC2)CC3)cc1. The number of hydrogen-bond acceptors (Lipinski definition) is 4. The zero-order chi connectivity index (χ0) is 19.0. The van der Waals surface area contributed by atoms with Crippen molar-refractivity contribution in [2.24, 2.45) is 5.92 Å². The van der Waals surface area contributed by atoms with Crippen LogP contribution >= 0.6 is 0 Å². The van der Waals surface area contributed by atoms with Crippen LogP contribution in [-0.2, 0) is 16.1 Å². The molecule has 1 spiro atoms. The first-order valence-electron chi connectivity index (χ1n) is 9.65. The number of carbonyl (C=O) groups is 3. The summed E-state index contributed by atoms with van der Waals surface area (Å²) >= 11 is 0. The number of carboxylic acid groups (broad SMARTS) is 1. The Bertz CT molecular complexity index is 749. The maximum absolute atomic E-state index is 12.5. The second-order valence-corrected chi connectivity index (χ2v) is 7.82. The Morgan fingerprint density at radius 3 is 2.37 bits per heavy atom. The molecular formula is C20H25N3O4. The van der Waals surface area contributed by atoms with E-state index in [2.05, 4.69) is 5.32 Å². The van der Waals surface area contributed by atoms with Gasteiger partial charge in [-0.05, 0) is 30.5 Å². The van der Waals surface area contributed by atoms with Crippen molar-refractivity contribution in [2.45, 2.75) is 44.3 Å². The number of benzene rings is 1. The van der Waals surface area contributed by atoms with Crippen LogP contribution in [0.4, 0.5) is 0 Å². The van der Waals surface area contributed by atoms with E-state index in [9.17, 15) is 14.4 Å². The van der Waals surface area contributed by atoms with E-state index < -0.39 is 11.6 Å². The number of nitrogens with zero attached hydrogens (tertiary/aromatic N) is 2. The maximum Gasteiger partial charge on any atom is 0.335 e. The highest BCUT2D eigenvalue weighted by Gasteiger charge is 2.47. The molecule has 2 N–H and O–H groups in total. The number of carbonyl (C=O) groups excluding carboxylic acids is 2. The molecule has 3 aliphatic rings. The fraction of sp³-hybridized carbons (Fsp3) is 0.550. The van der Waals surface area contributed by atoms with E-state index >= 15 is 0 Å². The van der Waals surface area contributed by atoms with Crippen molar-refractivity contribution >= 4 is 17.8 Å². The molecule has 1 aromatic rings. The van der Waals surface area contributed by atoms with Crippen molar-refractivity contribution in [1.82, 2.24) is 15.1 Å². The molecule has 0 aromatic heterocycles. The van der Waals surface area contributed by atoms with Crippen LogP contribution in [0.25, 0.3) is 0 Å². The van der Waals surface area contributed by atoms with Crippen LogP contribution in [0.1, 0.15) is 48.0 Å². The van der Waals surface area contributed by atoms with Crippen molar-refractivity contribution < 1.29 is 19.5 Å². The normalized spacial score (nSPS) is 22.1.